The predicted octanol–water partition coefficient (Wildman–Crippen LogP) is 1.90. The summed E-state index contributed by atoms with van der Waals surface area (Å²) >= 11 is 0. The van der Waals surface area contributed by atoms with Crippen LogP contribution in [0.3, 0.4) is 0 Å². The number of nitrogens with one attached hydrogen (secondary N) is 1. The lowest BCUT2D eigenvalue weighted by Crippen LogP contribution is -2.64. The number of carbonyl (C=O) groups excluding carboxylic acids is 3. The zero-order valence-corrected chi connectivity index (χ0v) is 21.7. The first-order chi connectivity index (χ1) is 19.0. The van der Waals surface area contributed by atoms with Crippen molar-refractivity contribution >= 4 is 23.6 Å². The number of hydroxylamine groups is 1. The molecule has 3 amide bonds. The van der Waals surface area contributed by atoms with Crippen LogP contribution in [0.2, 0.25) is 0 Å². The molecule has 0 aliphatic carbocycles. The van der Waals surface area contributed by atoms with Gasteiger partial charge < -0.3 is 24.0 Å². The van der Waals surface area contributed by atoms with Crippen molar-refractivity contribution in [1.82, 2.24) is 15.3 Å². The highest BCUT2D eigenvalue weighted by Crippen LogP contribution is 2.30. The van der Waals surface area contributed by atoms with E-state index in [0.29, 0.717) is 45.0 Å². The van der Waals surface area contributed by atoms with Gasteiger partial charge in [0.25, 0.3) is 0 Å². The molecule has 3 aliphatic heterocycles. The van der Waals surface area contributed by atoms with Gasteiger partial charge in [0.15, 0.2) is 0 Å². The molecule has 3 aliphatic rings. The fourth-order valence-electron chi connectivity index (χ4n) is 5.47. The van der Waals surface area contributed by atoms with Crippen LogP contribution in [0.4, 0.5) is 10.5 Å². The second-order valence-corrected chi connectivity index (χ2v) is 9.99. The predicted molar refractivity (Wildman–Crippen MR) is 140 cm³/mol. The first-order valence-electron chi connectivity index (χ1n) is 13.3. The zero-order valence-electron chi connectivity index (χ0n) is 21.7. The first kappa shape index (κ1) is 26.8. The fourth-order valence-corrected chi connectivity index (χ4v) is 5.47. The van der Waals surface area contributed by atoms with E-state index in [9.17, 15) is 19.6 Å². The normalized spacial score (nSPS) is 25.2. The van der Waals surface area contributed by atoms with Gasteiger partial charge in [-0.2, -0.15) is 0 Å². The smallest absolute Gasteiger partial charge is 0.410 e. The number of amides is 3. The Morgan fingerprint density at radius 3 is 2.26 bits per heavy atom. The highest BCUT2D eigenvalue weighted by molar-refractivity contribution is 5.92. The number of para-hydroxylation sites is 2. The summed E-state index contributed by atoms with van der Waals surface area (Å²) in [5, 5.41) is 9.57. The SMILES string of the molecule is O=C(NO)[C@H]1C[C@H](Oc2ccccc2)CN(C(=O)OC2CCOC2)[C@@H]1C(=O)N1CCN(c2ccccc2)CC1. The van der Waals surface area contributed by atoms with E-state index in [2.05, 4.69) is 4.90 Å². The Balaban J connectivity index is 1.37. The molecular weight excluding hydrogens is 504 g/mol. The highest BCUT2D eigenvalue weighted by Gasteiger charge is 2.49. The number of hydrogen-bond donors (Lipinski definition) is 2. The third kappa shape index (κ3) is 6.26. The molecule has 5 rings (SSSR count). The summed E-state index contributed by atoms with van der Waals surface area (Å²) in [6.45, 7) is 2.91. The van der Waals surface area contributed by atoms with E-state index in [1.807, 2.05) is 48.5 Å². The minimum Gasteiger partial charge on any atom is -0.489 e. The van der Waals surface area contributed by atoms with Gasteiger partial charge in [-0.1, -0.05) is 36.4 Å². The van der Waals surface area contributed by atoms with E-state index >= 15 is 0 Å². The summed E-state index contributed by atoms with van der Waals surface area (Å²) in [4.78, 5) is 45.5. The summed E-state index contributed by atoms with van der Waals surface area (Å²) in [5.74, 6) is -1.57. The summed E-state index contributed by atoms with van der Waals surface area (Å²) in [5.41, 5.74) is 2.77. The van der Waals surface area contributed by atoms with Gasteiger partial charge >= 0.3 is 6.09 Å². The Kier molecular flexibility index (Phi) is 8.48. The van der Waals surface area contributed by atoms with Gasteiger partial charge in [0.2, 0.25) is 11.8 Å². The van der Waals surface area contributed by atoms with Crippen molar-refractivity contribution < 1.29 is 33.8 Å². The maximum absolute atomic E-state index is 14.0. The van der Waals surface area contributed by atoms with Gasteiger partial charge in [-0.05, 0) is 24.3 Å². The van der Waals surface area contributed by atoms with Gasteiger partial charge in [-0.25, -0.2) is 10.3 Å². The van der Waals surface area contributed by atoms with Crippen molar-refractivity contribution in [2.75, 3.05) is 50.8 Å². The van der Waals surface area contributed by atoms with E-state index in [4.69, 9.17) is 14.2 Å². The number of anilines is 1. The highest BCUT2D eigenvalue weighted by atomic mass is 16.6. The molecule has 0 saturated carbocycles. The minimum absolute atomic E-state index is 0.0525. The van der Waals surface area contributed by atoms with Gasteiger partial charge in [0, 0.05) is 44.7 Å². The van der Waals surface area contributed by atoms with E-state index in [0.717, 1.165) is 5.69 Å². The van der Waals surface area contributed by atoms with Crippen LogP contribution in [0.1, 0.15) is 12.8 Å². The number of piperidine rings is 1. The number of hydrogen-bond acceptors (Lipinski definition) is 8. The standard InChI is InChI=1S/C28H34N4O7/c33-26(29-36)24-17-23(38-21-9-5-2-6-10-21)18-32(28(35)39-22-11-16-37-19-22)25(24)27(34)31-14-12-30(13-15-31)20-7-3-1-4-8-20/h1-10,22-25,36H,11-19H2,(H,29,33)/t22?,23-,24-,25-/m0/s1. The molecule has 4 atom stereocenters. The average Bonchev–Trinajstić information content (AvgIpc) is 3.50. The van der Waals surface area contributed by atoms with Crippen LogP contribution in [0.5, 0.6) is 5.75 Å². The van der Waals surface area contributed by atoms with Crippen LogP contribution in [0.25, 0.3) is 0 Å². The second kappa shape index (κ2) is 12.4. The topological polar surface area (TPSA) is 121 Å². The molecule has 2 aromatic carbocycles. The number of ether oxygens (including phenoxy) is 3. The van der Waals surface area contributed by atoms with Crippen LogP contribution < -0.4 is 15.1 Å². The third-order valence-electron chi connectivity index (χ3n) is 7.48. The minimum atomic E-state index is -1.15. The van der Waals surface area contributed by atoms with Crippen molar-refractivity contribution in [3.05, 3.63) is 60.7 Å². The summed E-state index contributed by atoms with van der Waals surface area (Å²) in [6, 6.07) is 17.9. The lowest BCUT2D eigenvalue weighted by molar-refractivity contribution is -0.151. The largest absolute Gasteiger partial charge is 0.489 e. The maximum Gasteiger partial charge on any atom is 0.410 e. The molecule has 208 valence electrons. The molecule has 0 bridgehead atoms. The molecule has 2 aromatic rings. The third-order valence-corrected chi connectivity index (χ3v) is 7.48. The van der Waals surface area contributed by atoms with Crippen molar-refractivity contribution in [2.24, 2.45) is 5.92 Å². The molecule has 0 spiro atoms. The molecular formula is C28H34N4O7. The van der Waals surface area contributed by atoms with Crippen LogP contribution in [-0.2, 0) is 19.1 Å². The Hall–Kier alpha value is -3.83. The van der Waals surface area contributed by atoms with Gasteiger partial charge in [-0.3, -0.25) is 19.7 Å². The molecule has 1 unspecified atom stereocenters. The number of rotatable bonds is 6. The second-order valence-electron chi connectivity index (χ2n) is 9.99. The first-order valence-corrected chi connectivity index (χ1v) is 13.3. The van der Waals surface area contributed by atoms with Crippen molar-refractivity contribution in [2.45, 2.75) is 31.1 Å². The number of likely N-dealkylation sites (tertiary alicyclic amines) is 1. The maximum atomic E-state index is 14.0. The monoisotopic (exact) mass is 538 g/mol. The van der Waals surface area contributed by atoms with E-state index in [1.165, 1.54) is 4.90 Å². The lowest BCUT2D eigenvalue weighted by atomic mass is 9.86. The van der Waals surface area contributed by atoms with E-state index < -0.39 is 36.2 Å². The molecule has 0 radical (unpaired) electrons. The van der Waals surface area contributed by atoms with Crippen molar-refractivity contribution in [3.8, 4) is 5.75 Å². The molecule has 0 aromatic heterocycles. The number of carbonyl (C=O) groups is 3. The Morgan fingerprint density at radius 1 is 0.923 bits per heavy atom. The van der Waals surface area contributed by atoms with Crippen LogP contribution >= 0.6 is 0 Å². The Morgan fingerprint density at radius 2 is 1.62 bits per heavy atom. The van der Waals surface area contributed by atoms with Crippen molar-refractivity contribution in [1.29, 1.82) is 0 Å². The quantitative estimate of drug-likeness (QED) is 0.423. The van der Waals surface area contributed by atoms with Crippen LogP contribution in [0, 0.1) is 5.92 Å². The molecule has 2 N–H and O–H groups in total. The van der Waals surface area contributed by atoms with Crippen molar-refractivity contribution in [3.63, 3.8) is 0 Å². The Bertz CT molecular complexity index is 1120. The molecule has 39 heavy (non-hydrogen) atoms. The number of piperazine rings is 1. The number of benzene rings is 2. The molecule has 11 heteroatoms. The van der Waals surface area contributed by atoms with Crippen LogP contribution in [0.15, 0.2) is 60.7 Å². The van der Waals surface area contributed by atoms with Gasteiger partial charge in [0.1, 0.15) is 24.0 Å². The average molecular weight is 539 g/mol. The van der Waals surface area contributed by atoms with Gasteiger partial charge in [-0.15, -0.1) is 0 Å². The van der Waals surface area contributed by atoms with Crippen LogP contribution in [-0.4, -0.2) is 97.1 Å². The van der Waals surface area contributed by atoms with Gasteiger partial charge in [0.05, 0.1) is 25.7 Å². The molecule has 3 saturated heterocycles. The summed E-state index contributed by atoms with van der Waals surface area (Å²) < 4.78 is 17.1. The molecule has 3 heterocycles. The van der Waals surface area contributed by atoms with E-state index in [1.54, 1.807) is 22.5 Å². The molecule has 3 fully saturated rings. The lowest BCUT2D eigenvalue weighted by Gasteiger charge is -2.45. The fraction of sp³-hybridized carbons (Fsp3) is 0.464. The molecule has 11 nitrogen and oxygen atoms in total. The summed E-state index contributed by atoms with van der Waals surface area (Å²) in [6.07, 6.45) is -1.03. The summed E-state index contributed by atoms with van der Waals surface area (Å²) in [7, 11) is 0. The Labute approximate surface area is 227 Å². The number of nitrogens with zero attached hydrogens (tertiary/aromatic N) is 3. The zero-order chi connectivity index (χ0) is 27.2. The van der Waals surface area contributed by atoms with E-state index in [-0.39, 0.29) is 25.5 Å².